The predicted octanol–water partition coefficient (Wildman–Crippen LogP) is 3.67. The van der Waals surface area contributed by atoms with E-state index in [1.807, 2.05) is 38.2 Å². The standard InChI is InChI=1S/C15H17N3OS/c1-10(2)19-8-7-18-14-11-5-3-4-6-12(11)16-9-13(14)17-15(18)20/h3-6,9-10H,7-8H2,1-2H3,(H,17,20). The number of nitrogens with zero attached hydrogens (tertiary/aromatic N) is 2. The van der Waals surface area contributed by atoms with Gasteiger partial charge in [0.2, 0.25) is 0 Å². The molecule has 0 amide bonds. The first-order valence-electron chi connectivity index (χ1n) is 6.74. The Labute approximate surface area is 122 Å². The van der Waals surface area contributed by atoms with Gasteiger partial charge in [-0.15, -0.1) is 0 Å². The molecule has 4 nitrogen and oxygen atoms in total. The molecule has 0 aliphatic rings. The van der Waals surface area contributed by atoms with E-state index in [0.717, 1.165) is 28.5 Å². The number of benzene rings is 1. The molecule has 2 heterocycles. The fourth-order valence-corrected chi connectivity index (χ4v) is 2.68. The molecule has 3 aromatic rings. The highest BCUT2D eigenvalue weighted by Gasteiger charge is 2.09. The molecule has 0 saturated carbocycles. The van der Waals surface area contributed by atoms with E-state index in [-0.39, 0.29) is 6.10 Å². The van der Waals surface area contributed by atoms with Crippen molar-refractivity contribution < 1.29 is 4.74 Å². The van der Waals surface area contributed by atoms with E-state index in [2.05, 4.69) is 20.6 Å². The van der Waals surface area contributed by atoms with Gasteiger partial charge in [0.05, 0.1) is 35.5 Å². The number of H-pyrrole nitrogens is 1. The Morgan fingerprint density at radius 1 is 1.35 bits per heavy atom. The maximum Gasteiger partial charge on any atom is 0.178 e. The summed E-state index contributed by atoms with van der Waals surface area (Å²) in [6.45, 7) is 5.46. The van der Waals surface area contributed by atoms with Gasteiger partial charge in [0.1, 0.15) is 0 Å². The van der Waals surface area contributed by atoms with E-state index < -0.39 is 0 Å². The van der Waals surface area contributed by atoms with Crippen LogP contribution in [0.5, 0.6) is 0 Å². The third-order valence-corrected chi connectivity index (χ3v) is 3.59. The van der Waals surface area contributed by atoms with Crippen LogP contribution < -0.4 is 0 Å². The van der Waals surface area contributed by atoms with Crippen molar-refractivity contribution in [2.75, 3.05) is 6.61 Å². The third kappa shape index (κ3) is 2.34. The zero-order chi connectivity index (χ0) is 14.1. The van der Waals surface area contributed by atoms with Gasteiger partial charge in [-0.1, -0.05) is 18.2 Å². The van der Waals surface area contributed by atoms with Gasteiger partial charge < -0.3 is 14.3 Å². The fourth-order valence-electron chi connectivity index (χ4n) is 2.39. The Kier molecular flexibility index (Phi) is 3.54. The summed E-state index contributed by atoms with van der Waals surface area (Å²) in [5.41, 5.74) is 3.05. The minimum absolute atomic E-state index is 0.229. The number of hydrogen-bond donors (Lipinski definition) is 1. The molecule has 5 heteroatoms. The maximum absolute atomic E-state index is 5.63. The first kappa shape index (κ1) is 13.3. The van der Waals surface area contributed by atoms with Gasteiger partial charge in [0, 0.05) is 11.9 Å². The van der Waals surface area contributed by atoms with Crippen LogP contribution in [0.15, 0.2) is 30.5 Å². The molecule has 1 aromatic carbocycles. The van der Waals surface area contributed by atoms with Crippen molar-refractivity contribution in [1.82, 2.24) is 14.5 Å². The van der Waals surface area contributed by atoms with Crippen molar-refractivity contribution in [2.24, 2.45) is 0 Å². The van der Waals surface area contributed by atoms with Gasteiger partial charge in [0.15, 0.2) is 4.77 Å². The highest BCUT2D eigenvalue weighted by atomic mass is 32.1. The third-order valence-electron chi connectivity index (χ3n) is 3.27. The van der Waals surface area contributed by atoms with Gasteiger partial charge in [0.25, 0.3) is 0 Å². The molecule has 2 aromatic heterocycles. The number of hydrogen-bond acceptors (Lipinski definition) is 3. The Balaban J connectivity index is 2.12. The molecular formula is C15H17N3OS. The number of imidazole rings is 1. The minimum Gasteiger partial charge on any atom is -0.377 e. The molecular weight excluding hydrogens is 270 g/mol. The summed E-state index contributed by atoms with van der Waals surface area (Å²) < 4.78 is 8.44. The Morgan fingerprint density at radius 2 is 2.15 bits per heavy atom. The van der Waals surface area contributed by atoms with E-state index >= 15 is 0 Å². The van der Waals surface area contributed by atoms with Crippen LogP contribution in [0.3, 0.4) is 0 Å². The van der Waals surface area contributed by atoms with Gasteiger partial charge in [-0.25, -0.2) is 0 Å². The zero-order valence-electron chi connectivity index (χ0n) is 11.6. The number of ether oxygens (including phenoxy) is 1. The quantitative estimate of drug-likeness (QED) is 0.744. The van der Waals surface area contributed by atoms with Gasteiger partial charge in [-0.3, -0.25) is 4.98 Å². The summed E-state index contributed by atoms with van der Waals surface area (Å²) >= 11 is 5.42. The lowest BCUT2D eigenvalue weighted by Gasteiger charge is -2.09. The molecule has 0 atom stereocenters. The molecule has 0 saturated heterocycles. The van der Waals surface area contributed by atoms with Gasteiger partial charge >= 0.3 is 0 Å². The second kappa shape index (κ2) is 5.34. The van der Waals surface area contributed by atoms with Crippen LogP contribution in [-0.2, 0) is 11.3 Å². The zero-order valence-corrected chi connectivity index (χ0v) is 12.4. The molecule has 0 spiro atoms. The lowest BCUT2D eigenvalue weighted by Crippen LogP contribution is -2.10. The van der Waals surface area contributed by atoms with Crippen molar-refractivity contribution in [3.63, 3.8) is 0 Å². The van der Waals surface area contributed by atoms with Gasteiger partial charge in [-0.05, 0) is 32.1 Å². The van der Waals surface area contributed by atoms with Crippen LogP contribution in [0, 0.1) is 4.77 Å². The van der Waals surface area contributed by atoms with Crippen LogP contribution in [0.25, 0.3) is 21.9 Å². The summed E-state index contributed by atoms with van der Waals surface area (Å²) in [4.78, 5) is 7.67. The van der Waals surface area contributed by atoms with E-state index in [0.29, 0.717) is 11.4 Å². The number of fused-ring (bicyclic) bond motifs is 3. The van der Waals surface area contributed by atoms with Crippen LogP contribution in [-0.4, -0.2) is 27.2 Å². The molecule has 0 radical (unpaired) electrons. The molecule has 0 aliphatic carbocycles. The number of para-hydroxylation sites is 1. The fraction of sp³-hybridized carbons (Fsp3) is 0.333. The second-order valence-corrected chi connectivity index (χ2v) is 5.43. The molecule has 104 valence electrons. The molecule has 0 aliphatic heterocycles. The van der Waals surface area contributed by atoms with Crippen molar-refractivity contribution in [2.45, 2.75) is 26.5 Å². The van der Waals surface area contributed by atoms with E-state index in [1.165, 1.54) is 0 Å². The van der Waals surface area contributed by atoms with Crippen molar-refractivity contribution in [3.8, 4) is 0 Å². The normalized spacial score (nSPS) is 11.8. The highest BCUT2D eigenvalue weighted by molar-refractivity contribution is 7.71. The monoisotopic (exact) mass is 287 g/mol. The Morgan fingerprint density at radius 3 is 2.95 bits per heavy atom. The van der Waals surface area contributed by atoms with Crippen LogP contribution in [0.4, 0.5) is 0 Å². The molecule has 0 fully saturated rings. The molecule has 0 unspecified atom stereocenters. The number of aromatic amines is 1. The average molecular weight is 287 g/mol. The van der Waals surface area contributed by atoms with Gasteiger partial charge in [-0.2, -0.15) is 0 Å². The topological polar surface area (TPSA) is 42.8 Å². The predicted molar refractivity (Wildman–Crippen MR) is 83.5 cm³/mol. The maximum atomic E-state index is 5.63. The number of aromatic nitrogens is 3. The molecule has 20 heavy (non-hydrogen) atoms. The first-order valence-corrected chi connectivity index (χ1v) is 7.15. The summed E-state index contributed by atoms with van der Waals surface area (Å²) in [7, 11) is 0. The van der Waals surface area contributed by atoms with Crippen LogP contribution >= 0.6 is 12.2 Å². The second-order valence-electron chi connectivity index (χ2n) is 5.04. The number of nitrogens with one attached hydrogen (secondary N) is 1. The van der Waals surface area contributed by atoms with E-state index in [1.54, 1.807) is 0 Å². The molecule has 3 rings (SSSR count). The summed E-state index contributed by atoms with van der Waals surface area (Å²) in [6, 6.07) is 8.11. The van der Waals surface area contributed by atoms with Crippen molar-refractivity contribution in [3.05, 3.63) is 35.2 Å². The van der Waals surface area contributed by atoms with Crippen LogP contribution in [0.1, 0.15) is 13.8 Å². The van der Waals surface area contributed by atoms with E-state index in [4.69, 9.17) is 17.0 Å². The largest absolute Gasteiger partial charge is 0.377 e. The van der Waals surface area contributed by atoms with E-state index in [9.17, 15) is 0 Å². The summed E-state index contributed by atoms with van der Waals surface area (Å²) in [6.07, 6.45) is 2.07. The minimum atomic E-state index is 0.229. The van der Waals surface area contributed by atoms with Crippen LogP contribution in [0.2, 0.25) is 0 Å². The SMILES string of the molecule is CC(C)OCCn1c(=S)[nH]c2cnc3ccccc3c21. The lowest BCUT2D eigenvalue weighted by molar-refractivity contribution is 0.0731. The average Bonchev–Trinajstić information content (AvgIpc) is 2.75. The summed E-state index contributed by atoms with van der Waals surface area (Å²) in [5.74, 6) is 0. The first-order chi connectivity index (χ1) is 9.66. The van der Waals surface area contributed by atoms with Crippen molar-refractivity contribution >= 4 is 34.2 Å². The van der Waals surface area contributed by atoms with Crippen molar-refractivity contribution in [1.29, 1.82) is 0 Å². The highest BCUT2D eigenvalue weighted by Crippen LogP contribution is 2.23. The number of pyridine rings is 1. The Bertz CT molecular complexity index is 804. The number of rotatable bonds is 4. The summed E-state index contributed by atoms with van der Waals surface area (Å²) in [5, 5.41) is 1.11. The Hall–Kier alpha value is -1.72. The molecule has 0 bridgehead atoms. The smallest absolute Gasteiger partial charge is 0.178 e. The lowest BCUT2D eigenvalue weighted by atomic mass is 10.2. The molecule has 1 N–H and O–H groups in total.